The first-order valence-electron chi connectivity index (χ1n) is 8.06. The maximum atomic E-state index is 12.8. The Morgan fingerprint density at radius 3 is 2.87 bits per heavy atom. The lowest BCUT2D eigenvalue weighted by Gasteiger charge is -2.32. The van der Waals surface area contributed by atoms with Gasteiger partial charge < -0.3 is 5.32 Å². The van der Waals surface area contributed by atoms with Crippen molar-refractivity contribution in [3.05, 3.63) is 35.4 Å². The number of benzene rings is 1. The smallest absolute Gasteiger partial charge is 0.356 e. The molecule has 2 rings (SSSR count). The van der Waals surface area contributed by atoms with Crippen molar-refractivity contribution in [2.75, 3.05) is 19.6 Å². The lowest BCUT2D eigenvalue weighted by molar-refractivity contribution is -0.137. The van der Waals surface area contributed by atoms with Crippen LogP contribution in [-0.2, 0) is 17.5 Å². The first-order valence-corrected chi connectivity index (χ1v) is 8.06. The van der Waals surface area contributed by atoms with Crippen LogP contribution >= 0.6 is 0 Å². The van der Waals surface area contributed by atoms with E-state index in [2.05, 4.69) is 10.2 Å². The Morgan fingerprint density at radius 1 is 1.39 bits per heavy atom. The van der Waals surface area contributed by atoms with Crippen LogP contribution in [0, 0.1) is 5.92 Å². The number of carbonyl (C=O) groups is 1. The third-order valence-corrected chi connectivity index (χ3v) is 4.09. The van der Waals surface area contributed by atoms with Crippen molar-refractivity contribution in [3.63, 3.8) is 0 Å². The molecule has 1 heterocycles. The number of carbonyl (C=O) groups excluding carboxylic acids is 1. The molecule has 1 amide bonds. The van der Waals surface area contributed by atoms with E-state index in [1.54, 1.807) is 6.07 Å². The molecule has 0 aliphatic carbocycles. The third-order valence-electron chi connectivity index (χ3n) is 4.09. The topological polar surface area (TPSA) is 32.3 Å². The molecule has 23 heavy (non-hydrogen) atoms. The molecule has 0 bridgehead atoms. The maximum Gasteiger partial charge on any atom is 0.416 e. The second kappa shape index (κ2) is 7.81. The van der Waals surface area contributed by atoms with Gasteiger partial charge in [0.1, 0.15) is 0 Å². The molecule has 1 aliphatic rings. The lowest BCUT2D eigenvalue weighted by Crippen LogP contribution is -2.42. The fourth-order valence-corrected chi connectivity index (χ4v) is 2.91. The van der Waals surface area contributed by atoms with Crippen molar-refractivity contribution in [2.24, 2.45) is 5.92 Å². The molecule has 0 radical (unpaired) electrons. The SMILES string of the molecule is CCCNC(=O)[C@@H]1CCCN(Cc2cccc(C(F)(F)F)c2)C1. The summed E-state index contributed by atoms with van der Waals surface area (Å²) in [5.74, 6) is -0.0123. The summed E-state index contributed by atoms with van der Waals surface area (Å²) in [6, 6.07) is 5.42. The Morgan fingerprint density at radius 2 is 2.17 bits per heavy atom. The van der Waals surface area contributed by atoms with Crippen molar-refractivity contribution >= 4 is 5.91 Å². The number of amides is 1. The molecule has 1 saturated heterocycles. The zero-order valence-corrected chi connectivity index (χ0v) is 13.3. The average Bonchev–Trinajstić information content (AvgIpc) is 2.52. The Labute approximate surface area is 134 Å². The van der Waals surface area contributed by atoms with Crippen LogP contribution in [0.1, 0.15) is 37.3 Å². The van der Waals surface area contributed by atoms with Crippen LogP contribution in [0.3, 0.4) is 0 Å². The van der Waals surface area contributed by atoms with Gasteiger partial charge in [-0.1, -0.05) is 25.1 Å². The minimum Gasteiger partial charge on any atom is -0.356 e. The number of nitrogens with zero attached hydrogens (tertiary/aromatic N) is 1. The highest BCUT2D eigenvalue weighted by atomic mass is 19.4. The molecule has 3 nitrogen and oxygen atoms in total. The molecule has 1 N–H and O–H groups in total. The molecule has 128 valence electrons. The van der Waals surface area contributed by atoms with Crippen molar-refractivity contribution in [1.29, 1.82) is 0 Å². The van der Waals surface area contributed by atoms with Crippen molar-refractivity contribution in [1.82, 2.24) is 10.2 Å². The molecule has 1 fully saturated rings. The minimum absolute atomic E-state index is 0.0561. The van der Waals surface area contributed by atoms with Gasteiger partial charge in [-0.15, -0.1) is 0 Å². The van der Waals surface area contributed by atoms with Crippen LogP contribution in [0.2, 0.25) is 0 Å². The standard InChI is InChI=1S/C17H23F3N2O/c1-2-8-21-16(23)14-6-4-9-22(12-14)11-13-5-3-7-15(10-13)17(18,19)20/h3,5,7,10,14H,2,4,6,8-9,11-12H2,1H3,(H,21,23)/t14-/m1/s1. The van der Waals surface area contributed by atoms with Gasteiger partial charge in [-0.3, -0.25) is 9.69 Å². The van der Waals surface area contributed by atoms with Gasteiger partial charge in [-0.05, 0) is 37.4 Å². The number of nitrogens with one attached hydrogen (secondary N) is 1. The van der Waals surface area contributed by atoms with Crippen molar-refractivity contribution in [2.45, 2.75) is 38.9 Å². The van der Waals surface area contributed by atoms with E-state index in [9.17, 15) is 18.0 Å². The van der Waals surface area contributed by atoms with Gasteiger partial charge in [0.25, 0.3) is 0 Å². The van der Waals surface area contributed by atoms with E-state index in [0.29, 0.717) is 25.2 Å². The molecule has 1 aromatic carbocycles. The monoisotopic (exact) mass is 328 g/mol. The van der Waals surface area contributed by atoms with Gasteiger partial charge in [0.2, 0.25) is 5.91 Å². The summed E-state index contributed by atoms with van der Waals surface area (Å²) in [6.45, 7) is 4.53. The molecule has 0 spiro atoms. The molecule has 1 atom stereocenters. The van der Waals surface area contributed by atoms with Gasteiger partial charge in [0.05, 0.1) is 11.5 Å². The first kappa shape index (κ1) is 17.8. The number of likely N-dealkylation sites (tertiary alicyclic amines) is 1. The molecule has 1 aromatic rings. The van der Waals surface area contributed by atoms with Gasteiger partial charge in [0.15, 0.2) is 0 Å². The highest BCUT2D eigenvalue weighted by Crippen LogP contribution is 2.30. The van der Waals surface area contributed by atoms with E-state index in [1.807, 2.05) is 6.92 Å². The van der Waals surface area contributed by atoms with Crippen LogP contribution < -0.4 is 5.32 Å². The number of hydrogen-bond acceptors (Lipinski definition) is 2. The summed E-state index contributed by atoms with van der Waals surface area (Å²) in [4.78, 5) is 14.1. The van der Waals surface area contributed by atoms with E-state index in [-0.39, 0.29) is 11.8 Å². The summed E-state index contributed by atoms with van der Waals surface area (Å²) < 4.78 is 38.3. The Bertz CT molecular complexity index is 531. The number of alkyl halides is 3. The second-order valence-electron chi connectivity index (χ2n) is 6.06. The predicted octanol–water partition coefficient (Wildman–Crippen LogP) is 3.44. The lowest BCUT2D eigenvalue weighted by atomic mass is 9.96. The Balaban J connectivity index is 1.96. The molecule has 0 unspecified atom stereocenters. The van der Waals surface area contributed by atoms with Crippen LogP contribution in [0.4, 0.5) is 13.2 Å². The quantitative estimate of drug-likeness (QED) is 0.898. The molecular weight excluding hydrogens is 305 g/mol. The van der Waals surface area contributed by atoms with Crippen molar-refractivity contribution in [3.8, 4) is 0 Å². The molecule has 0 aromatic heterocycles. The van der Waals surface area contributed by atoms with E-state index >= 15 is 0 Å². The number of halogens is 3. The zero-order valence-electron chi connectivity index (χ0n) is 13.3. The highest BCUT2D eigenvalue weighted by Gasteiger charge is 2.31. The molecule has 1 aliphatic heterocycles. The van der Waals surface area contributed by atoms with Crippen LogP contribution in [-0.4, -0.2) is 30.4 Å². The Kier molecular flexibility index (Phi) is 6.04. The van der Waals surface area contributed by atoms with Crippen LogP contribution in [0.5, 0.6) is 0 Å². The second-order valence-corrected chi connectivity index (χ2v) is 6.06. The minimum atomic E-state index is -4.32. The van der Waals surface area contributed by atoms with Crippen molar-refractivity contribution < 1.29 is 18.0 Å². The fourth-order valence-electron chi connectivity index (χ4n) is 2.91. The number of piperidine rings is 1. The van der Waals surface area contributed by atoms with Gasteiger partial charge in [-0.25, -0.2) is 0 Å². The summed E-state index contributed by atoms with van der Waals surface area (Å²) in [5.41, 5.74) is 0.0127. The molecular formula is C17H23F3N2O. The average molecular weight is 328 g/mol. The van der Waals surface area contributed by atoms with Gasteiger partial charge in [-0.2, -0.15) is 13.2 Å². The predicted molar refractivity (Wildman–Crippen MR) is 82.7 cm³/mol. The largest absolute Gasteiger partial charge is 0.416 e. The van der Waals surface area contributed by atoms with Gasteiger partial charge >= 0.3 is 6.18 Å². The summed E-state index contributed by atoms with van der Waals surface area (Å²) in [6.07, 6.45) is -1.69. The van der Waals surface area contributed by atoms with E-state index < -0.39 is 11.7 Å². The third kappa shape index (κ3) is 5.23. The van der Waals surface area contributed by atoms with E-state index in [0.717, 1.165) is 31.9 Å². The van der Waals surface area contributed by atoms with Crippen LogP contribution in [0.25, 0.3) is 0 Å². The summed E-state index contributed by atoms with van der Waals surface area (Å²) in [7, 11) is 0. The first-order chi connectivity index (χ1) is 10.9. The van der Waals surface area contributed by atoms with Crippen LogP contribution in [0.15, 0.2) is 24.3 Å². The molecule has 6 heteroatoms. The zero-order chi connectivity index (χ0) is 16.9. The normalized spacial score (nSPS) is 19.6. The van der Waals surface area contributed by atoms with E-state index in [1.165, 1.54) is 12.1 Å². The number of rotatable bonds is 5. The van der Waals surface area contributed by atoms with E-state index in [4.69, 9.17) is 0 Å². The summed E-state index contributed by atoms with van der Waals surface area (Å²) >= 11 is 0. The summed E-state index contributed by atoms with van der Waals surface area (Å²) in [5, 5.41) is 2.90. The molecule has 0 saturated carbocycles. The van der Waals surface area contributed by atoms with Gasteiger partial charge in [0, 0.05) is 19.6 Å². The fraction of sp³-hybridized carbons (Fsp3) is 0.588. The highest BCUT2D eigenvalue weighted by molar-refractivity contribution is 5.78. The Hall–Kier alpha value is -1.56. The number of hydrogen-bond donors (Lipinski definition) is 1. The maximum absolute atomic E-state index is 12.8.